The Morgan fingerprint density at radius 2 is 1.46 bits per heavy atom. The lowest BCUT2D eigenvalue weighted by molar-refractivity contribution is -0.120. The van der Waals surface area contributed by atoms with Gasteiger partial charge in [0.1, 0.15) is 6.61 Å². The Labute approximate surface area is 204 Å². The highest BCUT2D eigenvalue weighted by molar-refractivity contribution is 5.94. The van der Waals surface area contributed by atoms with Crippen molar-refractivity contribution in [1.82, 2.24) is 5.32 Å². The fourth-order valence-corrected chi connectivity index (χ4v) is 4.40. The van der Waals surface area contributed by atoms with Crippen LogP contribution in [-0.4, -0.2) is 36.2 Å². The molecule has 1 atom stereocenters. The van der Waals surface area contributed by atoms with Crippen molar-refractivity contribution in [3.05, 3.63) is 89.5 Å². The number of carboxylic acid groups (broad SMARTS) is 1. The molecule has 1 aliphatic rings. The van der Waals surface area contributed by atoms with Crippen LogP contribution < -0.4 is 10.6 Å². The third-order valence-electron chi connectivity index (χ3n) is 6.35. The van der Waals surface area contributed by atoms with Crippen molar-refractivity contribution >= 4 is 23.7 Å². The summed E-state index contributed by atoms with van der Waals surface area (Å²) in [4.78, 5) is 36.3. The molecular weight excluding hydrogens is 444 g/mol. The number of carbonyl (C=O) groups excluding carboxylic acids is 2. The molecule has 7 nitrogen and oxygen atoms in total. The van der Waals surface area contributed by atoms with Crippen molar-refractivity contribution in [2.24, 2.45) is 11.8 Å². The van der Waals surface area contributed by atoms with Gasteiger partial charge in [0.25, 0.3) is 0 Å². The Hall–Kier alpha value is -4.13. The van der Waals surface area contributed by atoms with Crippen molar-refractivity contribution in [3.63, 3.8) is 0 Å². The minimum atomic E-state index is -1.03. The van der Waals surface area contributed by atoms with Crippen LogP contribution in [0.1, 0.15) is 41.3 Å². The van der Waals surface area contributed by atoms with Crippen LogP contribution in [0, 0.1) is 11.8 Å². The number of ether oxygens (including phenoxy) is 1. The van der Waals surface area contributed by atoms with E-state index in [4.69, 9.17) is 9.84 Å². The minimum absolute atomic E-state index is 0.0360. The highest BCUT2D eigenvalue weighted by atomic mass is 16.5. The number of nitrogens with one attached hydrogen (secondary N) is 2. The molecule has 0 radical (unpaired) electrons. The molecule has 0 heterocycles. The molecule has 0 aliphatic heterocycles. The molecule has 3 aromatic rings. The summed E-state index contributed by atoms with van der Waals surface area (Å²) in [5.41, 5.74) is 5.21. The lowest BCUT2D eigenvalue weighted by atomic mass is 9.94. The van der Waals surface area contributed by atoms with Gasteiger partial charge < -0.3 is 20.5 Å². The first kappa shape index (κ1) is 24.0. The maximum absolute atomic E-state index is 12.8. The molecule has 35 heavy (non-hydrogen) atoms. The number of hydrogen-bond donors (Lipinski definition) is 3. The molecule has 0 spiro atoms. The van der Waals surface area contributed by atoms with Gasteiger partial charge in [-0.1, -0.05) is 62.4 Å². The van der Waals surface area contributed by atoms with Gasteiger partial charge >= 0.3 is 12.1 Å². The van der Waals surface area contributed by atoms with E-state index in [2.05, 4.69) is 34.9 Å². The molecule has 7 heteroatoms. The van der Waals surface area contributed by atoms with Crippen LogP contribution in [0.2, 0.25) is 0 Å². The number of anilines is 1. The number of carboxylic acids is 1. The Kier molecular flexibility index (Phi) is 7.15. The molecule has 1 unspecified atom stereocenters. The lowest BCUT2D eigenvalue weighted by Gasteiger charge is -2.21. The second-order valence-electron chi connectivity index (χ2n) is 8.93. The molecule has 2 amide bonds. The Morgan fingerprint density at radius 1 is 0.886 bits per heavy atom. The van der Waals surface area contributed by atoms with E-state index in [0.717, 1.165) is 22.3 Å². The van der Waals surface area contributed by atoms with E-state index in [0.29, 0.717) is 5.69 Å². The zero-order chi connectivity index (χ0) is 24.9. The van der Waals surface area contributed by atoms with E-state index in [1.807, 2.05) is 38.1 Å². The largest absolute Gasteiger partial charge is 0.478 e. The van der Waals surface area contributed by atoms with E-state index < -0.39 is 18.0 Å². The van der Waals surface area contributed by atoms with Crippen LogP contribution in [0.25, 0.3) is 11.1 Å². The average molecular weight is 473 g/mol. The van der Waals surface area contributed by atoms with Crippen LogP contribution in [-0.2, 0) is 9.53 Å². The number of carbonyl (C=O) groups is 3. The number of hydrogen-bond acceptors (Lipinski definition) is 4. The molecule has 0 bridgehead atoms. The van der Waals surface area contributed by atoms with Crippen molar-refractivity contribution in [3.8, 4) is 11.1 Å². The van der Waals surface area contributed by atoms with Crippen LogP contribution in [0.3, 0.4) is 0 Å². The predicted octanol–water partition coefficient (Wildman–Crippen LogP) is 5.13. The van der Waals surface area contributed by atoms with E-state index in [9.17, 15) is 14.4 Å². The fraction of sp³-hybridized carbons (Fsp3) is 0.250. The van der Waals surface area contributed by atoms with Crippen molar-refractivity contribution in [2.75, 3.05) is 18.5 Å². The number of aromatic carboxylic acids is 1. The number of fused-ring (bicyclic) bond motifs is 3. The summed E-state index contributed by atoms with van der Waals surface area (Å²) in [7, 11) is 0. The summed E-state index contributed by atoms with van der Waals surface area (Å²) in [6.45, 7) is 4.12. The van der Waals surface area contributed by atoms with Crippen molar-refractivity contribution in [2.45, 2.75) is 19.8 Å². The number of amides is 2. The second-order valence-corrected chi connectivity index (χ2v) is 8.93. The SMILES string of the molecule is CC(C)C(CNC(=O)OCC1c2ccccc2-c2ccccc21)C(=O)Nc1ccc(C(=O)O)cc1. The van der Waals surface area contributed by atoms with Gasteiger partial charge in [-0.3, -0.25) is 4.79 Å². The summed E-state index contributed by atoms with van der Waals surface area (Å²) in [5.74, 6) is -1.86. The molecule has 0 aromatic heterocycles. The van der Waals surface area contributed by atoms with Gasteiger partial charge in [-0.25, -0.2) is 9.59 Å². The molecule has 0 fully saturated rings. The lowest BCUT2D eigenvalue weighted by Crippen LogP contribution is -2.38. The van der Waals surface area contributed by atoms with Crippen molar-refractivity contribution in [1.29, 1.82) is 0 Å². The minimum Gasteiger partial charge on any atom is -0.478 e. The highest BCUT2D eigenvalue weighted by Crippen LogP contribution is 2.44. The van der Waals surface area contributed by atoms with Gasteiger partial charge in [0.15, 0.2) is 0 Å². The van der Waals surface area contributed by atoms with E-state index >= 15 is 0 Å². The Bertz CT molecular complexity index is 1190. The van der Waals surface area contributed by atoms with Crippen molar-refractivity contribution < 1.29 is 24.2 Å². The highest BCUT2D eigenvalue weighted by Gasteiger charge is 2.29. The van der Waals surface area contributed by atoms with E-state index in [1.165, 1.54) is 24.3 Å². The van der Waals surface area contributed by atoms with Gasteiger partial charge in [-0.05, 0) is 52.4 Å². The summed E-state index contributed by atoms with van der Waals surface area (Å²) < 4.78 is 5.57. The zero-order valence-electron chi connectivity index (χ0n) is 19.7. The topological polar surface area (TPSA) is 105 Å². The first-order chi connectivity index (χ1) is 16.8. The molecule has 1 aliphatic carbocycles. The van der Waals surface area contributed by atoms with Gasteiger partial charge in [0, 0.05) is 18.2 Å². The maximum Gasteiger partial charge on any atom is 0.407 e. The third-order valence-corrected chi connectivity index (χ3v) is 6.35. The van der Waals surface area contributed by atoms with Gasteiger partial charge in [-0.2, -0.15) is 0 Å². The van der Waals surface area contributed by atoms with E-state index in [-0.39, 0.29) is 36.5 Å². The molecule has 3 N–H and O–H groups in total. The van der Waals surface area contributed by atoms with Crippen LogP contribution in [0.15, 0.2) is 72.8 Å². The quantitative estimate of drug-likeness (QED) is 0.421. The molecule has 3 aromatic carbocycles. The van der Waals surface area contributed by atoms with E-state index in [1.54, 1.807) is 0 Å². The van der Waals surface area contributed by atoms with Gasteiger partial charge in [0.05, 0.1) is 11.5 Å². The fourth-order valence-electron chi connectivity index (χ4n) is 4.40. The van der Waals surface area contributed by atoms with Crippen LogP contribution >= 0.6 is 0 Å². The molecule has 180 valence electrons. The van der Waals surface area contributed by atoms with Crippen LogP contribution in [0.4, 0.5) is 10.5 Å². The number of rotatable bonds is 8. The smallest absolute Gasteiger partial charge is 0.407 e. The Balaban J connectivity index is 1.34. The summed E-state index contributed by atoms with van der Waals surface area (Å²) in [5, 5.41) is 14.5. The summed E-state index contributed by atoms with van der Waals surface area (Å²) >= 11 is 0. The number of benzene rings is 3. The average Bonchev–Trinajstić information content (AvgIpc) is 3.16. The zero-order valence-corrected chi connectivity index (χ0v) is 19.7. The first-order valence-corrected chi connectivity index (χ1v) is 11.6. The first-order valence-electron chi connectivity index (χ1n) is 11.6. The van der Waals surface area contributed by atoms with Gasteiger partial charge in [-0.15, -0.1) is 0 Å². The van der Waals surface area contributed by atoms with Crippen LogP contribution in [0.5, 0.6) is 0 Å². The Morgan fingerprint density at radius 3 is 2.00 bits per heavy atom. The monoisotopic (exact) mass is 472 g/mol. The third kappa shape index (κ3) is 5.35. The summed E-state index contributed by atoms with van der Waals surface area (Å²) in [6.07, 6.45) is -0.573. The maximum atomic E-state index is 12.8. The second kappa shape index (κ2) is 10.4. The standard InChI is InChI=1S/C28H28N2O5/c1-17(2)24(26(31)30-19-13-11-18(12-14-19)27(32)33)15-29-28(34)35-16-25-22-9-5-3-7-20(22)21-8-4-6-10-23(21)25/h3-14,17,24-25H,15-16H2,1-2H3,(H,29,34)(H,30,31)(H,32,33). The van der Waals surface area contributed by atoms with Gasteiger partial charge in [0.2, 0.25) is 5.91 Å². The predicted molar refractivity (Wildman–Crippen MR) is 133 cm³/mol. The molecule has 4 rings (SSSR count). The molecule has 0 saturated carbocycles. The molecule has 0 saturated heterocycles. The summed E-state index contributed by atoms with van der Waals surface area (Å²) in [6, 6.07) is 22.2. The molecular formula is C28H28N2O5. The normalized spacial score (nSPS) is 13.0. The number of alkyl carbamates (subject to hydrolysis) is 1.